The molecule has 120 valence electrons. The van der Waals surface area contributed by atoms with Crippen molar-refractivity contribution in [2.45, 2.75) is 31.0 Å². The lowest BCUT2D eigenvalue weighted by atomic mass is 10.00. The van der Waals surface area contributed by atoms with Gasteiger partial charge in [0, 0.05) is 6.54 Å². The lowest BCUT2D eigenvalue weighted by Gasteiger charge is -2.33. The second-order valence-electron chi connectivity index (χ2n) is 5.86. The number of rotatable bonds is 5. The van der Waals surface area contributed by atoms with Crippen molar-refractivity contribution in [1.29, 1.82) is 0 Å². The van der Waals surface area contributed by atoms with Crippen molar-refractivity contribution in [3.8, 4) is 0 Å². The summed E-state index contributed by atoms with van der Waals surface area (Å²) in [5.74, 6) is -0.750. The van der Waals surface area contributed by atoms with Gasteiger partial charge in [-0.05, 0) is 32.5 Å². The van der Waals surface area contributed by atoms with Gasteiger partial charge in [-0.2, -0.15) is 0 Å². The standard InChI is InChI=1S/C16H23N3O3/c1-18(2)13(14(20)11-7-4-3-5-8-11)16(22)19-10-6-9-12(19)15(17)21/h3-5,7-8,12-14,20H,6,9-10H2,1-2H3,(H2,17,21)/t12?,13-,14+/m0/s1. The van der Waals surface area contributed by atoms with Crippen LogP contribution in [0.2, 0.25) is 0 Å². The van der Waals surface area contributed by atoms with Crippen molar-refractivity contribution in [3.63, 3.8) is 0 Å². The summed E-state index contributed by atoms with van der Waals surface area (Å²) in [6.07, 6.45) is 0.377. The predicted octanol–water partition coefficient (Wildman–Crippen LogP) is 0.127. The molecule has 1 aliphatic heterocycles. The fourth-order valence-corrected chi connectivity index (χ4v) is 2.97. The summed E-state index contributed by atoms with van der Waals surface area (Å²) in [5, 5.41) is 10.6. The summed E-state index contributed by atoms with van der Waals surface area (Å²) in [7, 11) is 3.48. The molecule has 1 saturated heterocycles. The Kier molecular flexibility index (Phi) is 5.15. The van der Waals surface area contributed by atoms with Crippen LogP contribution in [0.4, 0.5) is 0 Å². The molecule has 0 radical (unpaired) electrons. The zero-order chi connectivity index (χ0) is 16.3. The van der Waals surface area contributed by atoms with E-state index in [1.807, 2.05) is 18.2 Å². The van der Waals surface area contributed by atoms with Crippen molar-refractivity contribution >= 4 is 11.8 Å². The summed E-state index contributed by atoms with van der Waals surface area (Å²) in [5.41, 5.74) is 6.05. The van der Waals surface area contributed by atoms with Crippen LogP contribution in [-0.2, 0) is 9.59 Å². The van der Waals surface area contributed by atoms with Crippen LogP contribution in [0.5, 0.6) is 0 Å². The van der Waals surface area contributed by atoms with Crippen molar-refractivity contribution in [2.75, 3.05) is 20.6 Å². The zero-order valence-corrected chi connectivity index (χ0v) is 13.0. The number of likely N-dealkylation sites (tertiary alicyclic amines) is 1. The Morgan fingerprint density at radius 2 is 1.95 bits per heavy atom. The third-order valence-electron chi connectivity index (χ3n) is 4.11. The lowest BCUT2D eigenvalue weighted by Crippen LogP contribution is -2.53. The highest BCUT2D eigenvalue weighted by molar-refractivity contribution is 5.90. The Labute approximate surface area is 130 Å². The average Bonchev–Trinajstić information content (AvgIpc) is 2.97. The molecule has 2 rings (SSSR count). The lowest BCUT2D eigenvalue weighted by molar-refractivity contribution is -0.144. The van der Waals surface area contributed by atoms with E-state index in [9.17, 15) is 14.7 Å². The number of hydrogen-bond acceptors (Lipinski definition) is 4. The molecule has 1 aromatic rings. The molecule has 1 aliphatic rings. The maximum absolute atomic E-state index is 12.8. The van der Waals surface area contributed by atoms with Crippen molar-refractivity contribution in [3.05, 3.63) is 35.9 Å². The first-order valence-corrected chi connectivity index (χ1v) is 7.42. The molecule has 3 atom stereocenters. The highest BCUT2D eigenvalue weighted by Gasteiger charge is 2.39. The molecule has 0 spiro atoms. The van der Waals surface area contributed by atoms with Gasteiger partial charge in [-0.25, -0.2) is 0 Å². The molecule has 1 heterocycles. The minimum atomic E-state index is -0.960. The molecule has 2 amide bonds. The smallest absolute Gasteiger partial charge is 0.243 e. The normalized spacial score (nSPS) is 20.9. The van der Waals surface area contributed by atoms with Crippen LogP contribution >= 0.6 is 0 Å². The number of likely N-dealkylation sites (N-methyl/N-ethyl adjacent to an activating group) is 1. The number of benzene rings is 1. The van der Waals surface area contributed by atoms with Gasteiger partial charge < -0.3 is 15.7 Å². The predicted molar refractivity (Wildman–Crippen MR) is 82.8 cm³/mol. The van der Waals surface area contributed by atoms with Gasteiger partial charge in [0.2, 0.25) is 11.8 Å². The first-order valence-electron chi connectivity index (χ1n) is 7.42. The van der Waals surface area contributed by atoms with E-state index in [-0.39, 0.29) is 5.91 Å². The Balaban J connectivity index is 2.24. The number of carbonyl (C=O) groups excluding carboxylic acids is 2. The minimum Gasteiger partial charge on any atom is -0.386 e. The number of nitrogens with two attached hydrogens (primary N) is 1. The van der Waals surface area contributed by atoms with E-state index in [4.69, 9.17) is 5.73 Å². The number of hydrogen-bond donors (Lipinski definition) is 2. The van der Waals surface area contributed by atoms with Crippen molar-refractivity contribution in [2.24, 2.45) is 5.73 Å². The topological polar surface area (TPSA) is 86.9 Å². The summed E-state index contributed by atoms with van der Waals surface area (Å²) in [4.78, 5) is 27.5. The Hall–Kier alpha value is -1.92. The van der Waals surface area contributed by atoms with Gasteiger partial charge in [-0.1, -0.05) is 30.3 Å². The van der Waals surface area contributed by atoms with E-state index in [0.29, 0.717) is 18.5 Å². The largest absolute Gasteiger partial charge is 0.386 e. The highest BCUT2D eigenvalue weighted by Crippen LogP contribution is 2.25. The summed E-state index contributed by atoms with van der Waals surface area (Å²) >= 11 is 0. The average molecular weight is 305 g/mol. The van der Waals surface area contributed by atoms with E-state index in [1.54, 1.807) is 31.1 Å². The molecule has 1 fully saturated rings. The van der Waals surface area contributed by atoms with Crippen LogP contribution < -0.4 is 5.73 Å². The van der Waals surface area contributed by atoms with Gasteiger partial charge in [-0.3, -0.25) is 14.5 Å². The number of carbonyl (C=O) groups is 2. The Morgan fingerprint density at radius 1 is 1.32 bits per heavy atom. The van der Waals surface area contributed by atoms with Gasteiger partial charge in [0.25, 0.3) is 0 Å². The Bertz CT molecular complexity index is 533. The molecule has 3 N–H and O–H groups in total. The third kappa shape index (κ3) is 3.28. The molecule has 0 aromatic heterocycles. The second kappa shape index (κ2) is 6.89. The minimum absolute atomic E-state index is 0.261. The van der Waals surface area contributed by atoms with Gasteiger partial charge in [-0.15, -0.1) is 0 Å². The third-order valence-corrected chi connectivity index (χ3v) is 4.11. The summed E-state index contributed by atoms with van der Waals surface area (Å²) in [6, 6.07) is 7.73. The van der Waals surface area contributed by atoms with E-state index in [2.05, 4.69) is 0 Å². The van der Waals surface area contributed by atoms with Crippen LogP contribution in [0.15, 0.2) is 30.3 Å². The second-order valence-corrected chi connectivity index (χ2v) is 5.86. The molecule has 0 aliphatic carbocycles. The maximum Gasteiger partial charge on any atom is 0.243 e. The number of aliphatic hydroxyl groups is 1. The summed E-state index contributed by atoms with van der Waals surface area (Å²) < 4.78 is 0. The molecule has 0 saturated carbocycles. The number of aliphatic hydroxyl groups excluding tert-OH is 1. The first-order chi connectivity index (χ1) is 10.4. The molecule has 1 aromatic carbocycles. The first kappa shape index (κ1) is 16.5. The molecular weight excluding hydrogens is 282 g/mol. The SMILES string of the molecule is CN(C)[C@H](C(=O)N1CCCC1C(N)=O)[C@H](O)c1ccccc1. The van der Waals surface area contributed by atoms with E-state index in [1.165, 1.54) is 4.90 Å². The highest BCUT2D eigenvalue weighted by atomic mass is 16.3. The maximum atomic E-state index is 12.8. The molecule has 0 bridgehead atoms. The van der Waals surface area contributed by atoms with E-state index < -0.39 is 24.1 Å². The Morgan fingerprint density at radius 3 is 2.50 bits per heavy atom. The van der Waals surface area contributed by atoms with E-state index >= 15 is 0 Å². The van der Waals surface area contributed by atoms with Gasteiger partial charge in [0.1, 0.15) is 18.2 Å². The van der Waals surface area contributed by atoms with E-state index in [0.717, 1.165) is 6.42 Å². The van der Waals surface area contributed by atoms with Crippen LogP contribution in [0, 0.1) is 0 Å². The fourth-order valence-electron chi connectivity index (χ4n) is 2.97. The monoisotopic (exact) mass is 305 g/mol. The van der Waals surface area contributed by atoms with Gasteiger partial charge in [0.05, 0.1) is 0 Å². The molecule has 22 heavy (non-hydrogen) atoms. The van der Waals surface area contributed by atoms with Crippen molar-refractivity contribution in [1.82, 2.24) is 9.80 Å². The molecular formula is C16H23N3O3. The van der Waals surface area contributed by atoms with Crippen molar-refractivity contribution < 1.29 is 14.7 Å². The quantitative estimate of drug-likeness (QED) is 0.809. The zero-order valence-electron chi connectivity index (χ0n) is 13.0. The number of nitrogens with zero attached hydrogens (tertiary/aromatic N) is 2. The van der Waals surface area contributed by atoms with Crippen LogP contribution in [-0.4, -0.2) is 59.4 Å². The summed E-state index contributed by atoms with van der Waals surface area (Å²) in [6.45, 7) is 0.498. The number of primary amides is 1. The molecule has 6 heteroatoms. The van der Waals surface area contributed by atoms with Crippen LogP contribution in [0.25, 0.3) is 0 Å². The van der Waals surface area contributed by atoms with Crippen LogP contribution in [0.3, 0.4) is 0 Å². The van der Waals surface area contributed by atoms with Gasteiger partial charge in [0.15, 0.2) is 0 Å². The van der Waals surface area contributed by atoms with Gasteiger partial charge >= 0.3 is 0 Å². The molecule has 1 unspecified atom stereocenters. The number of amides is 2. The fraction of sp³-hybridized carbons (Fsp3) is 0.500. The molecule has 6 nitrogen and oxygen atoms in total. The van der Waals surface area contributed by atoms with Crippen LogP contribution in [0.1, 0.15) is 24.5 Å².